The number of rotatable bonds is 5. The van der Waals surface area contributed by atoms with Crippen molar-refractivity contribution >= 4 is 29.0 Å². The minimum atomic E-state index is -0.0358. The van der Waals surface area contributed by atoms with Gasteiger partial charge in [0.2, 0.25) is 5.91 Å². The van der Waals surface area contributed by atoms with Gasteiger partial charge in [0.1, 0.15) is 5.82 Å². The molecule has 0 spiro atoms. The number of piperidine rings is 1. The Morgan fingerprint density at radius 2 is 1.88 bits per heavy atom. The lowest BCUT2D eigenvalue weighted by Gasteiger charge is -2.28. The Hall–Kier alpha value is -2.02. The van der Waals surface area contributed by atoms with E-state index >= 15 is 0 Å². The van der Waals surface area contributed by atoms with Crippen LogP contribution in [0.2, 0.25) is 0 Å². The van der Waals surface area contributed by atoms with Crippen molar-refractivity contribution in [3.05, 3.63) is 30.1 Å². The highest BCUT2D eigenvalue weighted by Crippen LogP contribution is 2.22. The van der Waals surface area contributed by atoms with Crippen molar-refractivity contribution in [3.8, 4) is 0 Å². The summed E-state index contributed by atoms with van der Waals surface area (Å²) in [4.78, 5) is 14.5. The summed E-state index contributed by atoms with van der Waals surface area (Å²) in [6.07, 6.45) is 3.85. The summed E-state index contributed by atoms with van der Waals surface area (Å²) in [5.41, 5.74) is 2.06. The molecule has 1 fully saturated rings. The molecule has 0 bridgehead atoms. The van der Waals surface area contributed by atoms with Crippen molar-refractivity contribution in [2.24, 2.45) is 7.05 Å². The zero-order chi connectivity index (χ0) is 16.9. The second kappa shape index (κ2) is 7.70. The summed E-state index contributed by atoms with van der Waals surface area (Å²) in [6, 6.07) is 8.11. The molecule has 1 aliphatic rings. The Bertz CT molecular complexity index is 692. The van der Waals surface area contributed by atoms with Gasteiger partial charge in [-0.1, -0.05) is 11.8 Å². The van der Waals surface area contributed by atoms with Crippen molar-refractivity contribution in [3.63, 3.8) is 0 Å². The fourth-order valence-corrected chi connectivity index (χ4v) is 3.50. The molecule has 1 amide bonds. The van der Waals surface area contributed by atoms with E-state index in [4.69, 9.17) is 0 Å². The Labute approximate surface area is 146 Å². The second-order valence-electron chi connectivity index (χ2n) is 6.02. The number of thioether (sulfide) groups is 1. The maximum atomic E-state index is 12.1. The number of hydrogen-bond donors (Lipinski definition) is 1. The van der Waals surface area contributed by atoms with Gasteiger partial charge in [0, 0.05) is 31.5 Å². The van der Waals surface area contributed by atoms with E-state index < -0.39 is 0 Å². The highest BCUT2D eigenvalue weighted by molar-refractivity contribution is 7.99. The van der Waals surface area contributed by atoms with Gasteiger partial charge < -0.3 is 14.8 Å². The maximum absolute atomic E-state index is 12.1. The number of nitrogens with zero attached hydrogens (tertiary/aromatic N) is 4. The molecule has 1 saturated heterocycles. The molecule has 2 aromatic rings. The van der Waals surface area contributed by atoms with Crippen LogP contribution in [-0.4, -0.2) is 39.5 Å². The van der Waals surface area contributed by atoms with Gasteiger partial charge in [0.15, 0.2) is 5.16 Å². The predicted octanol–water partition coefficient (Wildman–Crippen LogP) is 2.84. The van der Waals surface area contributed by atoms with Gasteiger partial charge >= 0.3 is 0 Å². The standard InChI is InChI=1S/C17H23N5OS/c1-13-19-20-17(21(13)2)24-12-16(23)18-14-6-8-15(9-7-14)22-10-4-3-5-11-22/h6-9H,3-5,10-12H2,1-2H3,(H,18,23). The Kier molecular flexibility index (Phi) is 5.40. The van der Waals surface area contributed by atoms with Crippen LogP contribution >= 0.6 is 11.8 Å². The fraction of sp³-hybridized carbons (Fsp3) is 0.471. The van der Waals surface area contributed by atoms with Gasteiger partial charge in [0.25, 0.3) is 0 Å². The van der Waals surface area contributed by atoms with E-state index in [0.717, 1.165) is 29.8 Å². The number of carbonyl (C=O) groups excluding carboxylic acids is 1. The van der Waals surface area contributed by atoms with Gasteiger partial charge in [-0.3, -0.25) is 4.79 Å². The molecule has 0 aliphatic carbocycles. The van der Waals surface area contributed by atoms with Crippen molar-refractivity contribution in [2.45, 2.75) is 31.3 Å². The van der Waals surface area contributed by atoms with E-state index in [1.807, 2.05) is 30.7 Å². The maximum Gasteiger partial charge on any atom is 0.234 e. The number of nitrogens with one attached hydrogen (secondary N) is 1. The summed E-state index contributed by atoms with van der Waals surface area (Å²) >= 11 is 1.39. The van der Waals surface area contributed by atoms with E-state index in [2.05, 4.69) is 32.5 Å². The van der Waals surface area contributed by atoms with Gasteiger partial charge in [-0.05, 0) is 50.5 Å². The molecular weight excluding hydrogens is 322 g/mol. The lowest BCUT2D eigenvalue weighted by molar-refractivity contribution is -0.113. The lowest BCUT2D eigenvalue weighted by atomic mass is 10.1. The third kappa shape index (κ3) is 4.08. The SMILES string of the molecule is Cc1nnc(SCC(=O)Nc2ccc(N3CCCCC3)cc2)n1C. The van der Waals surface area contributed by atoms with Crippen LogP contribution in [0, 0.1) is 6.92 Å². The smallest absolute Gasteiger partial charge is 0.234 e. The number of aromatic nitrogens is 3. The molecule has 1 aromatic carbocycles. The van der Waals surface area contributed by atoms with Crippen LogP contribution in [0.3, 0.4) is 0 Å². The number of carbonyl (C=O) groups is 1. The van der Waals surface area contributed by atoms with Crippen molar-refractivity contribution in [1.82, 2.24) is 14.8 Å². The molecule has 0 radical (unpaired) electrons. The average molecular weight is 345 g/mol. The molecule has 2 heterocycles. The third-order valence-corrected chi connectivity index (χ3v) is 5.28. The highest BCUT2D eigenvalue weighted by Gasteiger charge is 2.12. The van der Waals surface area contributed by atoms with Crippen LogP contribution in [-0.2, 0) is 11.8 Å². The zero-order valence-electron chi connectivity index (χ0n) is 14.2. The number of aryl methyl sites for hydroxylation is 1. The van der Waals surface area contributed by atoms with Crippen LogP contribution in [0.15, 0.2) is 29.4 Å². The normalized spacial score (nSPS) is 14.7. The molecule has 128 valence electrons. The second-order valence-corrected chi connectivity index (χ2v) is 6.96. The fourth-order valence-electron chi connectivity index (χ4n) is 2.75. The van der Waals surface area contributed by atoms with Crippen molar-refractivity contribution in [2.75, 3.05) is 29.1 Å². The molecule has 0 unspecified atom stereocenters. The molecular formula is C17H23N5OS. The van der Waals surface area contributed by atoms with E-state index in [1.54, 1.807) is 0 Å². The Morgan fingerprint density at radius 3 is 2.50 bits per heavy atom. The monoisotopic (exact) mass is 345 g/mol. The van der Waals surface area contributed by atoms with Gasteiger partial charge in [-0.15, -0.1) is 10.2 Å². The van der Waals surface area contributed by atoms with Crippen LogP contribution in [0.4, 0.5) is 11.4 Å². The van der Waals surface area contributed by atoms with Crippen molar-refractivity contribution < 1.29 is 4.79 Å². The quantitative estimate of drug-likeness (QED) is 0.844. The average Bonchev–Trinajstić information content (AvgIpc) is 2.93. The predicted molar refractivity (Wildman–Crippen MR) is 97.6 cm³/mol. The zero-order valence-corrected chi connectivity index (χ0v) is 15.0. The minimum Gasteiger partial charge on any atom is -0.372 e. The van der Waals surface area contributed by atoms with E-state index in [0.29, 0.717) is 5.75 Å². The summed E-state index contributed by atoms with van der Waals surface area (Å²) < 4.78 is 1.88. The molecule has 0 atom stereocenters. The highest BCUT2D eigenvalue weighted by atomic mass is 32.2. The number of hydrogen-bond acceptors (Lipinski definition) is 5. The van der Waals surface area contributed by atoms with Crippen LogP contribution in [0.25, 0.3) is 0 Å². The van der Waals surface area contributed by atoms with Crippen molar-refractivity contribution in [1.29, 1.82) is 0 Å². The summed E-state index contributed by atoms with van der Waals surface area (Å²) in [7, 11) is 1.90. The van der Waals surface area contributed by atoms with Crippen LogP contribution < -0.4 is 10.2 Å². The Balaban J connectivity index is 1.51. The van der Waals surface area contributed by atoms with Gasteiger partial charge in [-0.25, -0.2) is 0 Å². The molecule has 24 heavy (non-hydrogen) atoms. The third-order valence-electron chi connectivity index (χ3n) is 4.26. The minimum absolute atomic E-state index is 0.0358. The first kappa shape index (κ1) is 16.8. The number of anilines is 2. The number of benzene rings is 1. The molecule has 0 saturated carbocycles. The van der Waals surface area contributed by atoms with Gasteiger partial charge in [0.05, 0.1) is 5.75 Å². The van der Waals surface area contributed by atoms with E-state index in [9.17, 15) is 4.79 Å². The first-order valence-electron chi connectivity index (χ1n) is 8.27. The molecule has 1 aromatic heterocycles. The van der Waals surface area contributed by atoms with E-state index in [-0.39, 0.29) is 5.91 Å². The molecule has 1 N–H and O–H groups in total. The van der Waals surface area contributed by atoms with E-state index in [1.165, 1.54) is 36.7 Å². The Morgan fingerprint density at radius 1 is 1.17 bits per heavy atom. The largest absolute Gasteiger partial charge is 0.372 e. The topological polar surface area (TPSA) is 63.1 Å². The van der Waals surface area contributed by atoms with Crippen LogP contribution in [0.1, 0.15) is 25.1 Å². The first-order valence-corrected chi connectivity index (χ1v) is 9.26. The molecule has 1 aliphatic heterocycles. The first-order chi connectivity index (χ1) is 11.6. The summed E-state index contributed by atoms with van der Waals surface area (Å²) in [5, 5.41) is 11.7. The molecule has 3 rings (SSSR count). The van der Waals surface area contributed by atoms with Gasteiger partial charge in [-0.2, -0.15) is 0 Å². The summed E-state index contributed by atoms with van der Waals surface area (Å²) in [6.45, 7) is 4.14. The number of amides is 1. The summed E-state index contributed by atoms with van der Waals surface area (Å²) in [5.74, 6) is 1.12. The van der Waals surface area contributed by atoms with Crippen LogP contribution in [0.5, 0.6) is 0 Å². The lowest BCUT2D eigenvalue weighted by Crippen LogP contribution is -2.29. The molecule has 7 heteroatoms. The molecule has 6 nitrogen and oxygen atoms in total.